The third-order valence-electron chi connectivity index (χ3n) is 4.46. The molecular formula is C19H21ClN2O3S. The van der Waals surface area contributed by atoms with Gasteiger partial charge in [-0.25, -0.2) is 8.42 Å². The summed E-state index contributed by atoms with van der Waals surface area (Å²) < 4.78 is 27.4. The van der Waals surface area contributed by atoms with Gasteiger partial charge < -0.3 is 5.32 Å². The third kappa shape index (κ3) is 4.77. The quantitative estimate of drug-likeness (QED) is 0.800. The van der Waals surface area contributed by atoms with Gasteiger partial charge in [-0.3, -0.25) is 9.52 Å². The lowest BCUT2D eigenvalue weighted by atomic mass is 9.95. The van der Waals surface area contributed by atoms with Crippen molar-refractivity contribution in [2.24, 2.45) is 0 Å². The molecule has 0 heterocycles. The molecule has 2 N–H and O–H groups in total. The molecule has 0 spiro atoms. The number of nitrogens with one attached hydrogen (secondary N) is 2. The SMILES string of the molecule is O=C(NC1CCCCC1)c1ccc(S(=O)(=O)Nc2ccc(Cl)cc2)cc1. The lowest BCUT2D eigenvalue weighted by Gasteiger charge is -2.22. The molecule has 1 amide bonds. The van der Waals surface area contributed by atoms with Gasteiger partial charge in [0.2, 0.25) is 0 Å². The Balaban J connectivity index is 1.67. The van der Waals surface area contributed by atoms with Gasteiger partial charge in [0.25, 0.3) is 15.9 Å². The molecule has 0 atom stereocenters. The standard InChI is InChI=1S/C19H21ClN2O3S/c20-15-8-10-17(11-9-15)22-26(24,25)18-12-6-14(7-13-18)19(23)21-16-4-2-1-3-5-16/h6-13,16,22H,1-5H2,(H,21,23). The molecule has 0 unspecified atom stereocenters. The molecule has 1 saturated carbocycles. The van der Waals surface area contributed by atoms with Crippen LogP contribution in [0.25, 0.3) is 0 Å². The van der Waals surface area contributed by atoms with Crippen LogP contribution in [0.5, 0.6) is 0 Å². The van der Waals surface area contributed by atoms with Crippen LogP contribution in [-0.4, -0.2) is 20.4 Å². The highest BCUT2D eigenvalue weighted by atomic mass is 35.5. The Morgan fingerprint density at radius 2 is 1.54 bits per heavy atom. The minimum Gasteiger partial charge on any atom is -0.349 e. The molecule has 0 radical (unpaired) electrons. The zero-order valence-corrected chi connectivity index (χ0v) is 15.8. The van der Waals surface area contributed by atoms with Gasteiger partial charge in [-0.1, -0.05) is 30.9 Å². The molecule has 138 valence electrons. The van der Waals surface area contributed by atoms with Crippen LogP contribution in [-0.2, 0) is 10.0 Å². The Morgan fingerprint density at radius 1 is 0.923 bits per heavy atom. The summed E-state index contributed by atoms with van der Waals surface area (Å²) in [4.78, 5) is 12.4. The van der Waals surface area contributed by atoms with Gasteiger partial charge in [-0.15, -0.1) is 0 Å². The number of benzene rings is 2. The topological polar surface area (TPSA) is 75.3 Å². The van der Waals surface area contributed by atoms with E-state index in [1.807, 2.05) is 0 Å². The lowest BCUT2D eigenvalue weighted by molar-refractivity contribution is 0.0927. The highest BCUT2D eigenvalue weighted by molar-refractivity contribution is 7.92. The molecule has 1 aliphatic carbocycles. The van der Waals surface area contributed by atoms with Gasteiger partial charge in [0.1, 0.15) is 0 Å². The van der Waals surface area contributed by atoms with Gasteiger partial charge in [-0.05, 0) is 61.4 Å². The van der Waals surface area contributed by atoms with E-state index in [2.05, 4.69) is 10.0 Å². The molecular weight excluding hydrogens is 372 g/mol. The number of carbonyl (C=O) groups excluding carboxylic acids is 1. The molecule has 1 fully saturated rings. The number of halogens is 1. The van der Waals surface area contributed by atoms with Crippen molar-refractivity contribution in [3.05, 3.63) is 59.1 Å². The minimum absolute atomic E-state index is 0.0988. The second kappa shape index (κ2) is 8.10. The molecule has 5 nitrogen and oxygen atoms in total. The van der Waals surface area contributed by atoms with Crippen molar-refractivity contribution in [2.45, 2.75) is 43.0 Å². The van der Waals surface area contributed by atoms with E-state index in [4.69, 9.17) is 11.6 Å². The largest absolute Gasteiger partial charge is 0.349 e. The zero-order chi connectivity index (χ0) is 18.6. The van der Waals surface area contributed by atoms with E-state index in [1.54, 1.807) is 24.3 Å². The maximum absolute atomic E-state index is 12.4. The molecule has 7 heteroatoms. The molecule has 2 aromatic carbocycles. The third-order valence-corrected chi connectivity index (χ3v) is 6.11. The normalized spacial score (nSPS) is 15.4. The zero-order valence-electron chi connectivity index (χ0n) is 14.2. The Labute approximate surface area is 158 Å². The number of anilines is 1. The Morgan fingerprint density at radius 3 is 2.15 bits per heavy atom. The maximum Gasteiger partial charge on any atom is 0.261 e. The van der Waals surface area contributed by atoms with E-state index in [0.29, 0.717) is 16.3 Å². The average molecular weight is 393 g/mol. The molecule has 0 saturated heterocycles. The van der Waals surface area contributed by atoms with Crippen molar-refractivity contribution in [1.29, 1.82) is 0 Å². The van der Waals surface area contributed by atoms with E-state index in [0.717, 1.165) is 25.7 Å². The van der Waals surface area contributed by atoms with E-state index < -0.39 is 10.0 Å². The smallest absolute Gasteiger partial charge is 0.261 e. The second-order valence-corrected chi connectivity index (χ2v) is 8.56. The summed E-state index contributed by atoms with van der Waals surface area (Å²) in [7, 11) is -3.72. The van der Waals surface area contributed by atoms with Gasteiger partial charge in [-0.2, -0.15) is 0 Å². The first-order chi connectivity index (χ1) is 12.4. The number of hydrogen-bond donors (Lipinski definition) is 2. The number of carbonyl (C=O) groups is 1. The van der Waals surface area contributed by atoms with Crippen LogP contribution in [0.15, 0.2) is 53.4 Å². The summed E-state index contributed by atoms with van der Waals surface area (Å²) in [6.07, 6.45) is 5.50. The highest BCUT2D eigenvalue weighted by Crippen LogP contribution is 2.20. The second-order valence-electron chi connectivity index (χ2n) is 6.45. The van der Waals surface area contributed by atoms with Crippen LogP contribution in [0.2, 0.25) is 5.02 Å². The average Bonchev–Trinajstić information content (AvgIpc) is 2.64. The number of hydrogen-bond acceptors (Lipinski definition) is 3. The van der Waals surface area contributed by atoms with Crippen LogP contribution in [0, 0.1) is 0 Å². The first kappa shape index (κ1) is 18.7. The fourth-order valence-corrected chi connectivity index (χ4v) is 4.22. The Kier molecular flexibility index (Phi) is 5.84. The number of amides is 1. The summed E-state index contributed by atoms with van der Waals surface area (Å²) in [5.41, 5.74) is 0.884. The van der Waals surface area contributed by atoms with Crippen LogP contribution in [0.3, 0.4) is 0 Å². The monoisotopic (exact) mass is 392 g/mol. The van der Waals surface area contributed by atoms with E-state index in [1.165, 1.54) is 30.7 Å². The van der Waals surface area contributed by atoms with Crippen molar-refractivity contribution in [1.82, 2.24) is 5.32 Å². The lowest BCUT2D eigenvalue weighted by Crippen LogP contribution is -2.36. The predicted molar refractivity (Wildman–Crippen MR) is 103 cm³/mol. The van der Waals surface area contributed by atoms with Crippen molar-refractivity contribution in [3.63, 3.8) is 0 Å². The summed E-state index contributed by atoms with van der Waals surface area (Å²) in [6.45, 7) is 0. The molecule has 0 aromatic heterocycles. The van der Waals surface area contributed by atoms with E-state index in [9.17, 15) is 13.2 Å². The van der Waals surface area contributed by atoms with Gasteiger partial charge >= 0.3 is 0 Å². The molecule has 0 bridgehead atoms. The van der Waals surface area contributed by atoms with Crippen molar-refractivity contribution in [2.75, 3.05) is 4.72 Å². The van der Waals surface area contributed by atoms with Crippen molar-refractivity contribution < 1.29 is 13.2 Å². The van der Waals surface area contributed by atoms with Gasteiger partial charge in [0.05, 0.1) is 4.90 Å². The maximum atomic E-state index is 12.4. The fourth-order valence-electron chi connectivity index (χ4n) is 3.03. The molecule has 26 heavy (non-hydrogen) atoms. The summed E-state index contributed by atoms with van der Waals surface area (Å²) in [5.74, 6) is -0.161. The van der Waals surface area contributed by atoms with Crippen LogP contribution in [0.4, 0.5) is 5.69 Å². The van der Waals surface area contributed by atoms with Crippen molar-refractivity contribution in [3.8, 4) is 0 Å². The first-order valence-electron chi connectivity index (χ1n) is 8.63. The first-order valence-corrected chi connectivity index (χ1v) is 10.5. The summed E-state index contributed by atoms with van der Waals surface area (Å²) in [6, 6.07) is 12.6. The summed E-state index contributed by atoms with van der Waals surface area (Å²) >= 11 is 5.80. The highest BCUT2D eigenvalue weighted by Gasteiger charge is 2.18. The minimum atomic E-state index is -3.72. The molecule has 1 aliphatic rings. The van der Waals surface area contributed by atoms with Crippen molar-refractivity contribution >= 4 is 33.2 Å². The Hall–Kier alpha value is -2.05. The molecule has 3 rings (SSSR count). The van der Waals surface area contributed by atoms with E-state index in [-0.39, 0.29) is 16.8 Å². The van der Waals surface area contributed by atoms with Gasteiger partial charge in [0, 0.05) is 22.3 Å². The van der Waals surface area contributed by atoms with Crippen LogP contribution >= 0.6 is 11.6 Å². The summed E-state index contributed by atoms with van der Waals surface area (Å²) in [5, 5.41) is 3.55. The molecule has 0 aliphatic heterocycles. The fraction of sp³-hybridized carbons (Fsp3) is 0.316. The Bertz CT molecular complexity index is 859. The number of rotatable bonds is 5. The van der Waals surface area contributed by atoms with Crippen LogP contribution < -0.4 is 10.0 Å². The van der Waals surface area contributed by atoms with Crippen LogP contribution in [0.1, 0.15) is 42.5 Å². The predicted octanol–water partition coefficient (Wildman–Crippen LogP) is 4.20. The van der Waals surface area contributed by atoms with E-state index >= 15 is 0 Å². The van der Waals surface area contributed by atoms with Gasteiger partial charge in [0.15, 0.2) is 0 Å². The molecule has 2 aromatic rings. The number of sulfonamides is 1.